The Morgan fingerprint density at radius 2 is 2.00 bits per heavy atom. The van der Waals surface area contributed by atoms with Crippen molar-refractivity contribution in [3.8, 4) is 0 Å². The maximum absolute atomic E-state index is 12.9. The standard InChI is InChI=1S/C12H12F2N2O3/c13-9-2-1-8(4-10(9)14)15-12(19)16-5-7(6-16)3-11(17)18/h1-2,4,7H,3,5-6H2,(H,15,19)(H,17,18). The molecule has 1 aromatic carbocycles. The molecule has 0 atom stereocenters. The number of carboxylic acid groups (broad SMARTS) is 1. The van der Waals surface area contributed by atoms with Gasteiger partial charge in [-0.3, -0.25) is 4.79 Å². The molecule has 0 aliphatic carbocycles. The number of hydrogen-bond acceptors (Lipinski definition) is 2. The van der Waals surface area contributed by atoms with E-state index < -0.39 is 23.6 Å². The van der Waals surface area contributed by atoms with Gasteiger partial charge in [0.15, 0.2) is 11.6 Å². The monoisotopic (exact) mass is 270 g/mol. The van der Waals surface area contributed by atoms with Crippen LogP contribution in [0.3, 0.4) is 0 Å². The third-order valence-electron chi connectivity index (χ3n) is 2.88. The zero-order valence-corrected chi connectivity index (χ0v) is 9.90. The highest BCUT2D eigenvalue weighted by atomic mass is 19.2. The van der Waals surface area contributed by atoms with E-state index in [0.29, 0.717) is 13.1 Å². The first-order valence-electron chi connectivity index (χ1n) is 5.68. The van der Waals surface area contributed by atoms with Gasteiger partial charge < -0.3 is 15.3 Å². The molecule has 1 aliphatic rings. The molecule has 19 heavy (non-hydrogen) atoms. The van der Waals surface area contributed by atoms with Crippen LogP contribution in [-0.4, -0.2) is 35.1 Å². The van der Waals surface area contributed by atoms with Gasteiger partial charge in [-0.15, -0.1) is 0 Å². The highest BCUT2D eigenvalue weighted by Crippen LogP contribution is 2.21. The number of benzene rings is 1. The Kier molecular flexibility index (Phi) is 3.64. The molecule has 0 radical (unpaired) electrons. The van der Waals surface area contributed by atoms with E-state index in [2.05, 4.69) is 5.32 Å². The highest BCUT2D eigenvalue weighted by molar-refractivity contribution is 5.89. The number of likely N-dealkylation sites (tertiary alicyclic amines) is 1. The van der Waals surface area contributed by atoms with Crippen LogP contribution in [0.4, 0.5) is 19.3 Å². The van der Waals surface area contributed by atoms with Crippen molar-refractivity contribution in [1.82, 2.24) is 4.90 Å². The molecular formula is C12H12F2N2O3. The summed E-state index contributed by atoms with van der Waals surface area (Å²) in [5.41, 5.74) is 0.158. The summed E-state index contributed by atoms with van der Waals surface area (Å²) in [5.74, 6) is -2.97. The third-order valence-corrected chi connectivity index (χ3v) is 2.88. The Morgan fingerprint density at radius 1 is 1.32 bits per heavy atom. The van der Waals surface area contributed by atoms with Crippen LogP contribution in [0.5, 0.6) is 0 Å². The van der Waals surface area contributed by atoms with Crippen LogP contribution in [0.1, 0.15) is 6.42 Å². The second kappa shape index (κ2) is 5.21. The van der Waals surface area contributed by atoms with Crippen molar-refractivity contribution in [3.05, 3.63) is 29.8 Å². The topological polar surface area (TPSA) is 69.6 Å². The van der Waals surface area contributed by atoms with E-state index >= 15 is 0 Å². The van der Waals surface area contributed by atoms with Gasteiger partial charge in [0, 0.05) is 30.8 Å². The molecule has 1 aliphatic heterocycles. The first-order valence-corrected chi connectivity index (χ1v) is 5.68. The van der Waals surface area contributed by atoms with Gasteiger partial charge in [0.2, 0.25) is 0 Å². The number of urea groups is 1. The molecule has 102 valence electrons. The van der Waals surface area contributed by atoms with Crippen molar-refractivity contribution < 1.29 is 23.5 Å². The maximum Gasteiger partial charge on any atom is 0.321 e. The van der Waals surface area contributed by atoms with E-state index in [1.807, 2.05) is 0 Å². The van der Waals surface area contributed by atoms with Crippen molar-refractivity contribution in [1.29, 1.82) is 0 Å². The smallest absolute Gasteiger partial charge is 0.321 e. The van der Waals surface area contributed by atoms with Crippen LogP contribution in [-0.2, 0) is 4.79 Å². The second-order valence-electron chi connectivity index (χ2n) is 4.43. The Bertz CT molecular complexity index is 516. The van der Waals surface area contributed by atoms with E-state index in [1.54, 1.807) is 0 Å². The second-order valence-corrected chi connectivity index (χ2v) is 4.43. The van der Waals surface area contributed by atoms with Crippen molar-refractivity contribution in [2.75, 3.05) is 18.4 Å². The van der Waals surface area contributed by atoms with Crippen LogP contribution in [0.2, 0.25) is 0 Å². The average molecular weight is 270 g/mol. The molecule has 0 aromatic heterocycles. The van der Waals surface area contributed by atoms with Crippen molar-refractivity contribution in [3.63, 3.8) is 0 Å². The van der Waals surface area contributed by atoms with Crippen LogP contribution in [0.15, 0.2) is 18.2 Å². The molecular weight excluding hydrogens is 258 g/mol. The van der Waals surface area contributed by atoms with E-state index in [4.69, 9.17) is 5.11 Å². The minimum atomic E-state index is -1.04. The number of halogens is 2. The van der Waals surface area contributed by atoms with Gasteiger partial charge in [-0.2, -0.15) is 0 Å². The van der Waals surface area contributed by atoms with Crippen LogP contribution >= 0.6 is 0 Å². The van der Waals surface area contributed by atoms with Crippen LogP contribution < -0.4 is 5.32 Å². The number of carboxylic acids is 1. The van der Waals surface area contributed by atoms with Crippen LogP contribution in [0, 0.1) is 17.6 Å². The summed E-state index contributed by atoms with van der Waals surface area (Å²) >= 11 is 0. The summed E-state index contributed by atoms with van der Waals surface area (Å²) < 4.78 is 25.6. The fourth-order valence-corrected chi connectivity index (χ4v) is 1.89. The third kappa shape index (κ3) is 3.18. The molecule has 1 saturated heterocycles. The first-order chi connectivity index (χ1) is 8.95. The minimum Gasteiger partial charge on any atom is -0.481 e. The number of aliphatic carboxylic acids is 1. The number of amides is 2. The number of nitrogens with one attached hydrogen (secondary N) is 1. The molecule has 1 fully saturated rings. The lowest BCUT2D eigenvalue weighted by Gasteiger charge is -2.38. The van der Waals surface area contributed by atoms with Crippen LogP contribution in [0.25, 0.3) is 0 Å². The number of carbonyl (C=O) groups excluding carboxylic acids is 1. The number of carbonyl (C=O) groups is 2. The lowest BCUT2D eigenvalue weighted by Crippen LogP contribution is -2.52. The summed E-state index contributed by atoms with van der Waals surface area (Å²) in [5, 5.41) is 11.0. The zero-order chi connectivity index (χ0) is 14.0. The molecule has 2 N–H and O–H groups in total. The van der Waals surface area contributed by atoms with Crippen molar-refractivity contribution in [2.24, 2.45) is 5.92 Å². The summed E-state index contributed by atoms with van der Waals surface area (Å²) in [6.07, 6.45) is 0.0228. The summed E-state index contributed by atoms with van der Waals surface area (Å²) in [7, 11) is 0. The molecule has 1 aromatic rings. The molecule has 0 saturated carbocycles. The molecule has 7 heteroatoms. The van der Waals surface area contributed by atoms with Gasteiger partial charge >= 0.3 is 12.0 Å². The molecule has 2 amide bonds. The quantitative estimate of drug-likeness (QED) is 0.881. The fourth-order valence-electron chi connectivity index (χ4n) is 1.89. The lowest BCUT2D eigenvalue weighted by atomic mass is 9.97. The average Bonchev–Trinajstić information content (AvgIpc) is 2.27. The van der Waals surface area contributed by atoms with E-state index in [1.165, 1.54) is 11.0 Å². The lowest BCUT2D eigenvalue weighted by molar-refractivity contribution is -0.139. The largest absolute Gasteiger partial charge is 0.481 e. The predicted octanol–water partition coefficient (Wildman–Crippen LogP) is 1.90. The molecule has 0 unspecified atom stereocenters. The summed E-state index contributed by atoms with van der Waals surface area (Å²) in [4.78, 5) is 23.5. The predicted molar refractivity (Wildman–Crippen MR) is 62.7 cm³/mol. The number of nitrogens with zero attached hydrogens (tertiary/aromatic N) is 1. The van der Waals surface area contributed by atoms with Gasteiger partial charge in [0.25, 0.3) is 0 Å². The summed E-state index contributed by atoms with van der Waals surface area (Å²) in [6.45, 7) is 0.698. The number of rotatable bonds is 3. The van der Waals surface area contributed by atoms with Gasteiger partial charge in [0.05, 0.1) is 6.42 Å². The van der Waals surface area contributed by atoms with E-state index in [0.717, 1.165) is 12.1 Å². The normalized spacial score (nSPS) is 14.9. The SMILES string of the molecule is O=C(O)CC1CN(C(=O)Nc2ccc(F)c(F)c2)C1. The van der Waals surface area contributed by atoms with Crippen molar-refractivity contribution >= 4 is 17.7 Å². The van der Waals surface area contributed by atoms with Crippen molar-refractivity contribution in [2.45, 2.75) is 6.42 Å². The molecule has 0 bridgehead atoms. The van der Waals surface area contributed by atoms with E-state index in [-0.39, 0.29) is 18.0 Å². The maximum atomic E-state index is 12.9. The first kappa shape index (κ1) is 13.3. The molecule has 1 heterocycles. The Morgan fingerprint density at radius 3 is 2.58 bits per heavy atom. The minimum absolute atomic E-state index is 0.0228. The zero-order valence-electron chi connectivity index (χ0n) is 9.90. The van der Waals surface area contributed by atoms with Gasteiger partial charge in [0.1, 0.15) is 0 Å². The Labute approximate surface area is 107 Å². The van der Waals surface area contributed by atoms with Gasteiger partial charge in [-0.05, 0) is 12.1 Å². The number of hydrogen-bond donors (Lipinski definition) is 2. The van der Waals surface area contributed by atoms with Gasteiger partial charge in [-0.1, -0.05) is 0 Å². The fraction of sp³-hybridized carbons (Fsp3) is 0.333. The summed E-state index contributed by atoms with van der Waals surface area (Å²) in [6, 6.07) is 2.62. The Balaban J connectivity index is 1.85. The molecule has 0 spiro atoms. The highest BCUT2D eigenvalue weighted by Gasteiger charge is 2.32. The van der Waals surface area contributed by atoms with E-state index in [9.17, 15) is 18.4 Å². The van der Waals surface area contributed by atoms with Gasteiger partial charge in [-0.25, -0.2) is 13.6 Å². The number of anilines is 1. The molecule has 5 nitrogen and oxygen atoms in total. The molecule has 2 rings (SSSR count). The Hall–Kier alpha value is -2.18.